The molecular weight excluding hydrogens is 375 g/mol. The second-order valence-corrected chi connectivity index (χ2v) is 7.74. The van der Waals surface area contributed by atoms with Crippen molar-refractivity contribution >= 4 is 32.4 Å². The molecule has 0 spiro atoms. The van der Waals surface area contributed by atoms with Gasteiger partial charge in [0.25, 0.3) is 5.72 Å². The quantitative estimate of drug-likeness (QED) is 0.674. The fourth-order valence-corrected chi connectivity index (χ4v) is 4.89. The predicted molar refractivity (Wildman–Crippen MR) is 97.9 cm³/mol. The van der Waals surface area contributed by atoms with Crippen molar-refractivity contribution in [3.8, 4) is 0 Å². The molecule has 0 unspecified atom stereocenters. The summed E-state index contributed by atoms with van der Waals surface area (Å²) >= 11 is 1.09. The smallest absolute Gasteiger partial charge is 0.362 e. The highest BCUT2D eigenvalue weighted by Crippen LogP contribution is 2.51. The van der Waals surface area contributed by atoms with E-state index in [0.717, 1.165) is 21.6 Å². The van der Waals surface area contributed by atoms with Crippen molar-refractivity contribution in [1.29, 1.82) is 0 Å². The summed E-state index contributed by atoms with van der Waals surface area (Å²) in [5.74, 6) is -1.15. The maximum Gasteiger partial charge on any atom is 0.439 e. The normalized spacial score (nSPS) is 24.7. The topological polar surface area (TPSA) is 48.7 Å². The highest BCUT2D eigenvalue weighted by molar-refractivity contribution is 7.22. The van der Waals surface area contributed by atoms with Gasteiger partial charge in [-0.2, -0.15) is 23.3 Å². The molecule has 0 saturated heterocycles. The number of hydrogen-bond donors (Lipinski definition) is 1. The van der Waals surface area contributed by atoms with Crippen LogP contribution in [0.5, 0.6) is 0 Å². The number of nitrogens with zero attached hydrogens (tertiary/aromatic N) is 3. The number of rotatable bonds is 1. The number of benzene rings is 2. The van der Waals surface area contributed by atoms with Crippen LogP contribution in [0, 0.1) is 5.92 Å². The summed E-state index contributed by atoms with van der Waals surface area (Å²) in [6.07, 6.45) is -4.24. The van der Waals surface area contributed by atoms with Crippen molar-refractivity contribution in [3.63, 3.8) is 0 Å². The minimum Gasteiger partial charge on any atom is -0.362 e. The first-order chi connectivity index (χ1) is 12.9. The monoisotopic (exact) mass is 389 g/mol. The van der Waals surface area contributed by atoms with E-state index in [1.165, 1.54) is 0 Å². The second-order valence-electron chi connectivity index (χ2n) is 6.73. The lowest BCUT2D eigenvalue weighted by atomic mass is 9.77. The van der Waals surface area contributed by atoms with E-state index in [-0.39, 0.29) is 17.3 Å². The molecule has 1 aliphatic carbocycles. The van der Waals surface area contributed by atoms with Crippen LogP contribution < -0.4 is 5.01 Å². The van der Waals surface area contributed by atoms with E-state index in [9.17, 15) is 18.3 Å². The zero-order chi connectivity index (χ0) is 18.8. The molecular formula is C19H14F3N3OS. The van der Waals surface area contributed by atoms with Crippen molar-refractivity contribution in [2.45, 2.75) is 24.7 Å². The number of alkyl halides is 3. The molecule has 0 amide bonds. The Balaban J connectivity index is 1.71. The van der Waals surface area contributed by atoms with E-state index in [1.54, 1.807) is 36.4 Å². The summed E-state index contributed by atoms with van der Waals surface area (Å²) in [4.78, 5) is 4.29. The molecule has 1 aliphatic heterocycles. The summed E-state index contributed by atoms with van der Waals surface area (Å²) in [6, 6.07) is 14.4. The Morgan fingerprint density at radius 2 is 1.85 bits per heavy atom. The Morgan fingerprint density at radius 3 is 2.63 bits per heavy atom. The van der Waals surface area contributed by atoms with Gasteiger partial charge in [-0.1, -0.05) is 47.7 Å². The Hall–Kier alpha value is -2.45. The molecule has 2 heterocycles. The fraction of sp³-hybridized carbons (Fsp3) is 0.263. The van der Waals surface area contributed by atoms with Crippen molar-refractivity contribution < 1.29 is 18.3 Å². The van der Waals surface area contributed by atoms with Crippen LogP contribution in [0.15, 0.2) is 53.6 Å². The molecule has 4 nitrogen and oxygen atoms in total. The van der Waals surface area contributed by atoms with E-state index in [0.29, 0.717) is 22.5 Å². The number of anilines is 1. The van der Waals surface area contributed by atoms with Crippen molar-refractivity contribution in [2.24, 2.45) is 11.0 Å². The fourth-order valence-electron chi connectivity index (χ4n) is 3.92. The third kappa shape index (κ3) is 2.26. The van der Waals surface area contributed by atoms with E-state index in [2.05, 4.69) is 10.1 Å². The number of aliphatic hydroxyl groups is 1. The zero-order valence-corrected chi connectivity index (χ0v) is 14.8. The SMILES string of the molecule is O[C@]1(C(F)(F)F)[C@H]2CCc3ccccc3C2=NN1c1nc2ccccc2s1. The number of halogens is 3. The molecule has 2 aliphatic rings. The van der Waals surface area contributed by atoms with Gasteiger partial charge in [-0.3, -0.25) is 0 Å². The lowest BCUT2D eigenvalue weighted by molar-refractivity contribution is -0.268. The molecule has 3 aromatic rings. The average molecular weight is 389 g/mol. The van der Waals surface area contributed by atoms with Crippen LogP contribution >= 0.6 is 11.3 Å². The Morgan fingerprint density at radius 1 is 1.11 bits per heavy atom. The molecule has 2 atom stereocenters. The molecule has 0 fully saturated rings. The van der Waals surface area contributed by atoms with Gasteiger partial charge in [-0.05, 0) is 30.5 Å². The lowest BCUT2D eigenvalue weighted by Gasteiger charge is -2.38. The summed E-state index contributed by atoms with van der Waals surface area (Å²) in [7, 11) is 0. The lowest BCUT2D eigenvalue weighted by Crippen LogP contribution is -2.60. The molecule has 0 radical (unpaired) electrons. The number of hydrogen-bond acceptors (Lipinski definition) is 5. The van der Waals surface area contributed by atoms with Gasteiger partial charge in [0.1, 0.15) is 0 Å². The van der Waals surface area contributed by atoms with E-state index in [1.807, 2.05) is 12.1 Å². The van der Waals surface area contributed by atoms with Gasteiger partial charge in [0.05, 0.1) is 21.8 Å². The minimum absolute atomic E-state index is 0.0374. The first-order valence-corrected chi connectivity index (χ1v) is 9.33. The number of thiazole rings is 1. The van der Waals surface area contributed by atoms with Gasteiger partial charge in [-0.15, -0.1) is 0 Å². The third-order valence-electron chi connectivity index (χ3n) is 5.22. The van der Waals surface area contributed by atoms with Gasteiger partial charge in [0.15, 0.2) is 0 Å². The van der Waals surface area contributed by atoms with Gasteiger partial charge in [0, 0.05) is 5.56 Å². The van der Waals surface area contributed by atoms with Crippen LogP contribution in [0.2, 0.25) is 0 Å². The van der Waals surface area contributed by atoms with Crippen molar-refractivity contribution in [3.05, 3.63) is 59.7 Å². The van der Waals surface area contributed by atoms with Gasteiger partial charge in [-0.25, -0.2) is 4.98 Å². The Kier molecular flexibility index (Phi) is 3.42. The van der Waals surface area contributed by atoms with Crippen molar-refractivity contribution in [2.75, 3.05) is 5.01 Å². The number of aromatic nitrogens is 1. The molecule has 8 heteroatoms. The first-order valence-electron chi connectivity index (χ1n) is 8.51. The van der Waals surface area contributed by atoms with Gasteiger partial charge < -0.3 is 5.11 Å². The predicted octanol–water partition coefficient (Wildman–Crippen LogP) is 4.33. The highest BCUT2D eigenvalue weighted by atomic mass is 32.1. The van der Waals surface area contributed by atoms with Crippen LogP contribution in [0.4, 0.5) is 18.3 Å². The average Bonchev–Trinajstić information content (AvgIpc) is 3.21. The Bertz CT molecular complexity index is 1040. The van der Waals surface area contributed by atoms with Gasteiger partial charge >= 0.3 is 6.18 Å². The largest absolute Gasteiger partial charge is 0.439 e. The van der Waals surface area contributed by atoms with Crippen LogP contribution in [-0.2, 0) is 6.42 Å². The van der Waals surface area contributed by atoms with Crippen LogP contribution in [0.1, 0.15) is 17.5 Å². The molecule has 27 heavy (non-hydrogen) atoms. The van der Waals surface area contributed by atoms with Crippen molar-refractivity contribution in [1.82, 2.24) is 4.98 Å². The second kappa shape index (κ2) is 5.53. The molecule has 0 saturated carbocycles. The molecule has 1 aromatic heterocycles. The minimum atomic E-state index is -4.88. The van der Waals surface area contributed by atoms with Crippen LogP contribution in [-0.4, -0.2) is 27.7 Å². The van der Waals surface area contributed by atoms with Gasteiger partial charge in [0.2, 0.25) is 5.13 Å². The summed E-state index contributed by atoms with van der Waals surface area (Å²) in [5.41, 5.74) is -0.638. The molecule has 2 aromatic carbocycles. The van der Waals surface area contributed by atoms with E-state index >= 15 is 0 Å². The maximum absolute atomic E-state index is 14.1. The molecule has 5 rings (SSSR count). The number of aryl methyl sites for hydroxylation is 1. The molecule has 138 valence electrons. The number of para-hydroxylation sites is 1. The first kappa shape index (κ1) is 16.7. The summed E-state index contributed by atoms with van der Waals surface area (Å²) < 4.78 is 43.0. The van der Waals surface area contributed by atoms with Crippen LogP contribution in [0.25, 0.3) is 10.2 Å². The summed E-state index contributed by atoms with van der Waals surface area (Å²) in [5, 5.41) is 15.9. The van der Waals surface area contributed by atoms with Crippen LogP contribution in [0.3, 0.4) is 0 Å². The van der Waals surface area contributed by atoms with E-state index < -0.39 is 17.8 Å². The Labute approximate surface area is 156 Å². The number of fused-ring (bicyclic) bond motifs is 4. The summed E-state index contributed by atoms with van der Waals surface area (Å²) in [6.45, 7) is 0. The highest BCUT2D eigenvalue weighted by Gasteiger charge is 2.68. The molecule has 0 bridgehead atoms. The standard InChI is InChI=1S/C19H14F3N3OS/c20-19(21,22)18(26)13-10-9-11-5-1-2-6-12(11)16(13)24-25(18)17-23-14-7-3-4-8-15(14)27-17/h1-8,13,26H,9-10H2/t13-,18-/m0/s1. The third-order valence-corrected chi connectivity index (χ3v) is 6.24. The van der Waals surface area contributed by atoms with E-state index in [4.69, 9.17) is 0 Å². The zero-order valence-electron chi connectivity index (χ0n) is 13.9. The number of hydrazone groups is 1. The molecule has 1 N–H and O–H groups in total. The maximum atomic E-state index is 14.1.